The highest BCUT2D eigenvalue weighted by molar-refractivity contribution is 7.71. The zero-order chi connectivity index (χ0) is 12.8. The van der Waals surface area contributed by atoms with Crippen LogP contribution in [0.3, 0.4) is 0 Å². The number of rotatable bonds is 1. The molecule has 0 radical (unpaired) electrons. The van der Waals surface area contributed by atoms with Gasteiger partial charge < -0.3 is 9.72 Å². The number of H-pyrrole nitrogens is 1. The first-order chi connectivity index (χ1) is 9.31. The van der Waals surface area contributed by atoms with Crippen LogP contribution in [-0.4, -0.2) is 22.2 Å². The highest BCUT2D eigenvalue weighted by Crippen LogP contribution is 2.43. The van der Waals surface area contributed by atoms with Gasteiger partial charge in [-0.25, -0.2) is 4.98 Å². The molecule has 2 saturated heterocycles. The third-order valence-corrected chi connectivity index (χ3v) is 5.27. The van der Waals surface area contributed by atoms with Gasteiger partial charge in [0, 0.05) is 17.2 Å². The normalized spacial score (nSPS) is 33.2. The lowest BCUT2D eigenvalue weighted by atomic mass is 9.88. The summed E-state index contributed by atoms with van der Waals surface area (Å²) in [6, 6.07) is 0. The molecule has 1 aromatic heterocycles. The van der Waals surface area contributed by atoms with Crippen molar-refractivity contribution in [3.63, 3.8) is 0 Å². The molecule has 1 aliphatic carbocycles. The molecule has 2 bridgehead atoms. The highest BCUT2D eigenvalue weighted by atomic mass is 32.1. The summed E-state index contributed by atoms with van der Waals surface area (Å²) in [4.78, 5) is 8.32. The summed E-state index contributed by atoms with van der Waals surface area (Å²) in [6.45, 7) is 0. The summed E-state index contributed by atoms with van der Waals surface area (Å²) in [5.41, 5.74) is 2.66. The molecule has 3 atom stereocenters. The molecule has 0 amide bonds. The van der Waals surface area contributed by atoms with Crippen molar-refractivity contribution in [1.29, 1.82) is 0 Å². The zero-order valence-corrected chi connectivity index (χ0v) is 12.0. The Bertz CT molecular complexity index is 554. The van der Waals surface area contributed by atoms with Crippen LogP contribution < -0.4 is 0 Å². The van der Waals surface area contributed by atoms with E-state index in [1.54, 1.807) is 0 Å². The lowest BCUT2D eigenvalue weighted by molar-refractivity contribution is 0.0998. The minimum absolute atomic E-state index is 0.381. The Morgan fingerprint density at radius 1 is 1.16 bits per heavy atom. The summed E-state index contributed by atoms with van der Waals surface area (Å²) in [5, 5.41) is 0. The van der Waals surface area contributed by atoms with E-state index in [4.69, 9.17) is 21.9 Å². The Kier molecular flexibility index (Phi) is 2.96. The van der Waals surface area contributed by atoms with Crippen LogP contribution in [0.15, 0.2) is 0 Å². The highest BCUT2D eigenvalue weighted by Gasteiger charge is 2.42. The van der Waals surface area contributed by atoms with Gasteiger partial charge in [0.15, 0.2) is 0 Å². The summed E-state index contributed by atoms with van der Waals surface area (Å²) in [6.07, 6.45) is 10.5. The molecular formula is C15H20N2OS. The second-order valence-electron chi connectivity index (χ2n) is 6.16. The number of ether oxygens (including phenoxy) is 1. The lowest BCUT2D eigenvalue weighted by Crippen LogP contribution is -2.18. The van der Waals surface area contributed by atoms with Gasteiger partial charge in [0.25, 0.3) is 0 Å². The number of aromatic nitrogens is 2. The molecule has 1 aromatic rings. The van der Waals surface area contributed by atoms with Crippen molar-refractivity contribution in [3.05, 3.63) is 21.7 Å². The fraction of sp³-hybridized carbons (Fsp3) is 0.733. The number of hydrogen-bond acceptors (Lipinski definition) is 3. The fourth-order valence-corrected chi connectivity index (χ4v) is 4.24. The molecular weight excluding hydrogens is 256 g/mol. The first-order valence-electron chi connectivity index (χ1n) is 7.58. The number of fused-ring (bicyclic) bond motifs is 3. The Morgan fingerprint density at radius 3 is 2.84 bits per heavy atom. The third kappa shape index (κ3) is 2.05. The molecule has 3 nitrogen and oxygen atoms in total. The van der Waals surface area contributed by atoms with Crippen LogP contribution in [0.25, 0.3) is 0 Å². The predicted molar refractivity (Wildman–Crippen MR) is 75.9 cm³/mol. The van der Waals surface area contributed by atoms with E-state index in [1.807, 2.05) is 0 Å². The van der Waals surface area contributed by atoms with E-state index in [1.165, 1.54) is 43.4 Å². The molecule has 3 unspecified atom stereocenters. The summed E-state index contributed by atoms with van der Waals surface area (Å²) in [5.74, 6) is 1.55. The van der Waals surface area contributed by atoms with E-state index in [0.29, 0.717) is 18.1 Å². The van der Waals surface area contributed by atoms with Gasteiger partial charge in [0.1, 0.15) is 10.5 Å². The van der Waals surface area contributed by atoms with Gasteiger partial charge in [-0.2, -0.15) is 0 Å². The first-order valence-corrected chi connectivity index (χ1v) is 7.99. The molecule has 102 valence electrons. The van der Waals surface area contributed by atoms with Gasteiger partial charge in [0.2, 0.25) is 0 Å². The van der Waals surface area contributed by atoms with Crippen molar-refractivity contribution in [2.24, 2.45) is 0 Å². The molecule has 1 N–H and O–H groups in total. The summed E-state index contributed by atoms with van der Waals surface area (Å²) in [7, 11) is 0. The summed E-state index contributed by atoms with van der Waals surface area (Å²) < 4.78 is 6.80. The minimum atomic E-state index is 0.381. The predicted octanol–water partition coefficient (Wildman–Crippen LogP) is 3.44. The molecule has 0 spiro atoms. The van der Waals surface area contributed by atoms with Gasteiger partial charge >= 0.3 is 0 Å². The number of nitrogens with one attached hydrogen (secondary N) is 1. The van der Waals surface area contributed by atoms with Gasteiger partial charge in [-0.05, 0) is 44.9 Å². The molecule has 3 heterocycles. The Morgan fingerprint density at radius 2 is 2.05 bits per heavy atom. The first kappa shape index (κ1) is 12.0. The monoisotopic (exact) mass is 276 g/mol. The number of nitrogens with zero attached hydrogens (tertiary/aromatic N) is 1. The van der Waals surface area contributed by atoms with Gasteiger partial charge in [-0.1, -0.05) is 18.6 Å². The smallest absolute Gasteiger partial charge is 0.133 e. The topological polar surface area (TPSA) is 37.9 Å². The molecule has 0 saturated carbocycles. The van der Waals surface area contributed by atoms with E-state index in [2.05, 4.69) is 4.98 Å². The lowest BCUT2D eigenvalue weighted by Gasteiger charge is -2.19. The van der Waals surface area contributed by atoms with Gasteiger partial charge in [-0.15, -0.1) is 0 Å². The Labute approximate surface area is 118 Å². The van der Waals surface area contributed by atoms with Crippen molar-refractivity contribution in [1.82, 2.24) is 9.97 Å². The largest absolute Gasteiger partial charge is 0.374 e. The average molecular weight is 276 g/mol. The Balaban J connectivity index is 1.72. The number of aryl methyl sites for hydroxylation is 1. The minimum Gasteiger partial charge on any atom is -0.374 e. The van der Waals surface area contributed by atoms with Crippen LogP contribution in [0.1, 0.15) is 61.5 Å². The van der Waals surface area contributed by atoms with E-state index in [-0.39, 0.29) is 0 Å². The van der Waals surface area contributed by atoms with E-state index in [9.17, 15) is 0 Å². The number of hydrogen-bond donors (Lipinski definition) is 1. The average Bonchev–Trinajstić information content (AvgIpc) is 2.95. The third-order valence-electron chi connectivity index (χ3n) is 4.93. The van der Waals surface area contributed by atoms with Gasteiger partial charge in [-0.3, -0.25) is 0 Å². The maximum Gasteiger partial charge on any atom is 0.133 e. The molecule has 19 heavy (non-hydrogen) atoms. The van der Waals surface area contributed by atoms with Crippen LogP contribution in [0.2, 0.25) is 0 Å². The molecule has 0 aromatic carbocycles. The van der Waals surface area contributed by atoms with Crippen molar-refractivity contribution in [3.8, 4) is 0 Å². The maximum atomic E-state index is 5.95. The standard InChI is InChI=1S/C15H20N2OS/c19-15-10-4-2-1-3-5-12(10)16-14(17-15)11-8-9-6-7-13(11)18-9/h9,11,13H,1-8H2,(H,16,17,19). The van der Waals surface area contributed by atoms with Crippen LogP contribution in [0.5, 0.6) is 0 Å². The van der Waals surface area contributed by atoms with Crippen LogP contribution in [0.4, 0.5) is 0 Å². The van der Waals surface area contributed by atoms with Crippen molar-refractivity contribution in [2.45, 2.75) is 69.5 Å². The van der Waals surface area contributed by atoms with Crippen molar-refractivity contribution < 1.29 is 4.74 Å². The fourth-order valence-electron chi connectivity index (χ4n) is 3.92. The second-order valence-corrected chi connectivity index (χ2v) is 6.55. The van der Waals surface area contributed by atoms with Crippen LogP contribution >= 0.6 is 12.2 Å². The number of aromatic amines is 1. The molecule has 2 aliphatic heterocycles. The molecule has 4 rings (SSSR count). The van der Waals surface area contributed by atoms with Crippen molar-refractivity contribution in [2.75, 3.05) is 0 Å². The Hall–Kier alpha value is -0.740. The van der Waals surface area contributed by atoms with Crippen LogP contribution in [-0.2, 0) is 17.6 Å². The van der Waals surface area contributed by atoms with E-state index >= 15 is 0 Å². The summed E-state index contributed by atoms with van der Waals surface area (Å²) >= 11 is 5.54. The zero-order valence-electron chi connectivity index (χ0n) is 11.2. The molecule has 3 aliphatic rings. The quantitative estimate of drug-likeness (QED) is 0.630. The van der Waals surface area contributed by atoms with Crippen LogP contribution in [0, 0.1) is 4.64 Å². The molecule has 4 heteroatoms. The van der Waals surface area contributed by atoms with E-state index < -0.39 is 0 Å². The molecule has 2 fully saturated rings. The SMILES string of the molecule is S=c1nc(C2CC3CCC2O3)[nH]c2c1CCCCC2. The second kappa shape index (κ2) is 4.67. The van der Waals surface area contributed by atoms with Crippen molar-refractivity contribution >= 4 is 12.2 Å². The van der Waals surface area contributed by atoms with E-state index in [0.717, 1.165) is 29.7 Å². The van der Waals surface area contributed by atoms with Gasteiger partial charge in [0.05, 0.1) is 12.2 Å². The maximum absolute atomic E-state index is 5.95.